The third-order valence-corrected chi connectivity index (χ3v) is 10.3. The molecule has 2 fully saturated rings. The molecule has 1 aliphatic carbocycles. The van der Waals surface area contributed by atoms with Crippen molar-refractivity contribution < 1.29 is 33.4 Å². The zero-order valence-electron chi connectivity index (χ0n) is 21.3. The molecule has 3 aromatic rings. The van der Waals surface area contributed by atoms with Crippen LogP contribution < -0.4 is 9.64 Å². The molecule has 8 nitrogen and oxygen atoms in total. The van der Waals surface area contributed by atoms with Crippen LogP contribution in [0.2, 0.25) is 0 Å². The zero-order chi connectivity index (χ0) is 29.3. The van der Waals surface area contributed by atoms with Crippen LogP contribution in [-0.2, 0) is 14.3 Å². The van der Waals surface area contributed by atoms with Gasteiger partial charge in [0, 0.05) is 19.7 Å². The van der Waals surface area contributed by atoms with Crippen molar-refractivity contribution >= 4 is 83.0 Å². The smallest absolute Gasteiger partial charge is 0.343 e. The van der Waals surface area contributed by atoms with Crippen molar-refractivity contribution in [1.29, 1.82) is 0 Å². The van der Waals surface area contributed by atoms with Crippen molar-refractivity contribution in [3.05, 3.63) is 94.0 Å². The lowest BCUT2D eigenvalue weighted by molar-refractivity contribution is -0.122. The number of alkyl halides is 2. The second kappa shape index (κ2) is 12.4. The first-order valence-corrected chi connectivity index (χ1v) is 15.3. The van der Waals surface area contributed by atoms with Gasteiger partial charge in [-0.25, -0.2) is 9.59 Å². The van der Waals surface area contributed by atoms with Crippen LogP contribution in [-0.4, -0.2) is 45.8 Å². The fourth-order valence-electron chi connectivity index (χ4n) is 4.85. The van der Waals surface area contributed by atoms with Crippen molar-refractivity contribution in [2.75, 3.05) is 11.5 Å². The summed E-state index contributed by atoms with van der Waals surface area (Å²) in [6.07, 6.45) is 1.14. The minimum atomic E-state index is -0.720. The summed E-state index contributed by atoms with van der Waals surface area (Å²) in [5, 5.41) is 0. The zero-order valence-corrected chi connectivity index (χ0v) is 26.1. The molecular weight excluding hydrogens is 726 g/mol. The lowest BCUT2D eigenvalue weighted by atomic mass is 9.81. The van der Waals surface area contributed by atoms with Gasteiger partial charge in [-0.05, 0) is 85.6 Å². The number of imide groups is 1. The SMILES string of the molecule is O=C(COC(=O)c1ccc(N2C(=O)C3CC(Br)C(Br)CC3C2=O)cc1)c1ccc(OC(=O)c2ccc(Br)cc2)cc1. The van der Waals surface area contributed by atoms with E-state index in [0.717, 1.165) is 4.47 Å². The first-order chi connectivity index (χ1) is 19.6. The van der Waals surface area contributed by atoms with E-state index in [9.17, 15) is 24.0 Å². The molecule has 1 heterocycles. The van der Waals surface area contributed by atoms with E-state index < -0.39 is 24.3 Å². The minimum absolute atomic E-state index is 0.110. The average molecular weight is 748 g/mol. The van der Waals surface area contributed by atoms with Gasteiger partial charge in [0.2, 0.25) is 11.8 Å². The quantitative estimate of drug-likeness (QED) is 0.0941. The minimum Gasteiger partial charge on any atom is -0.454 e. The number of ketones is 1. The molecule has 0 radical (unpaired) electrons. The number of esters is 2. The van der Waals surface area contributed by atoms with Gasteiger partial charge in [-0.15, -0.1) is 0 Å². The van der Waals surface area contributed by atoms with Gasteiger partial charge in [-0.2, -0.15) is 0 Å². The van der Waals surface area contributed by atoms with Crippen LogP contribution in [0.3, 0.4) is 0 Å². The third-order valence-electron chi connectivity index (χ3n) is 7.07. The highest BCUT2D eigenvalue weighted by atomic mass is 79.9. The highest BCUT2D eigenvalue weighted by Crippen LogP contribution is 2.44. The molecule has 5 rings (SSSR count). The Hall–Kier alpha value is -3.15. The van der Waals surface area contributed by atoms with Crippen molar-refractivity contribution in [1.82, 2.24) is 0 Å². The van der Waals surface area contributed by atoms with E-state index in [1.807, 2.05) is 0 Å². The number of carbonyl (C=O) groups excluding carboxylic acids is 5. The Kier molecular flexibility index (Phi) is 8.86. The molecule has 2 amide bonds. The Morgan fingerprint density at radius 3 is 1.76 bits per heavy atom. The van der Waals surface area contributed by atoms with Gasteiger partial charge < -0.3 is 9.47 Å². The number of rotatable bonds is 7. The number of halogens is 3. The number of benzene rings is 3. The molecule has 4 atom stereocenters. The summed E-state index contributed by atoms with van der Waals surface area (Å²) in [7, 11) is 0. The number of carbonyl (C=O) groups is 5. The summed E-state index contributed by atoms with van der Waals surface area (Å²) in [5.74, 6) is -2.65. The van der Waals surface area contributed by atoms with Crippen LogP contribution in [0.5, 0.6) is 5.75 Å². The molecule has 11 heteroatoms. The highest BCUT2D eigenvalue weighted by Gasteiger charge is 2.52. The number of hydrogen-bond donors (Lipinski definition) is 0. The van der Waals surface area contributed by atoms with Crippen LogP contribution in [0.15, 0.2) is 77.3 Å². The first-order valence-electron chi connectivity index (χ1n) is 12.7. The van der Waals surface area contributed by atoms with E-state index in [1.165, 1.54) is 53.4 Å². The van der Waals surface area contributed by atoms with Gasteiger partial charge in [-0.1, -0.05) is 47.8 Å². The Morgan fingerprint density at radius 2 is 1.20 bits per heavy atom. The molecule has 0 spiro atoms. The van der Waals surface area contributed by atoms with E-state index in [0.29, 0.717) is 24.1 Å². The van der Waals surface area contributed by atoms with E-state index in [2.05, 4.69) is 47.8 Å². The maximum absolute atomic E-state index is 13.0. The second-order valence-corrected chi connectivity index (χ2v) is 13.0. The number of nitrogens with zero attached hydrogens (tertiary/aromatic N) is 1. The molecule has 1 saturated carbocycles. The Labute approximate surface area is 260 Å². The maximum Gasteiger partial charge on any atom is 0.343 e. The molecule has 1 aliphatic heterocycles. The fourth-order valence-corrected chi connectivity index (χ4v) is 6.36. The molecular formula is C30H22Br3NO7. The van der Waals surface area contributed by atoms with Crippen LogP contribution in [0.4, 0.5) is 5.69 Å². The number of amides is 2. The molecule has 4 unspecified atom stereocenters. The highest BCUT2D eigenvalue weighted by molar-refractivity contribution is 9.12. The Morgan fingerprint density at radius 1 is 0.707 bits per heavy atom. The molecule has 41 heavy (non-hydrogen) atoms. The van der Waals surface area contributed by atoms with Crippen LogP contribution in [0.25, 0.3) is 0 Å². The summed E-state index contributed by atoms with van der Waals surface area (Å²) in [5.41, 5.74) is 1.22. The van der Waals surface area contributed by atoms with Crippen LogP contribution >= 0.6 is 47.8 Å². The summed E-state index contributed by atoms with van der Waals surface area (Å²) >= 11 is 10.5. The summed E-state index contributed by atoms with van der Waals surface area (Å²) in [6, 6.07) is 18.6. The van der Waals surface area contributed by atoms with E-state index >= 15 is 0 Å². The van der Waals surface area contributed by atoms with Gasteiger partial charge in [0.25, 0.3) is 0 Å². The normalized spacial score (nSPS) is 21.8. The fraction of sp³-hybridized carbons (Fsp3) is 0.233. The molecule has 0 bridgehead atoms. The monoisotopic (exact) mass is 745 g/mol. The summed E-state index contributed by atoms with van der Waals surface area (Å²) < 4.78 is 11.3. The summed E-state index contributed by atoms with van der Waals surface area (Å²) in [6.45, 7) is -0.494. The van der Waals surface area contributed by atoms with Gasteiger partial charge in [0.05, 0.1) is 28.7 Å². The summed E-state index contributed by atoms with van der Waals surface area (Å²) in [4.78, 5) is 64.8. The van der Waals surface area contributed by atoms with Crippen molar-refractivity contribution in [3.63, 3.8) is 0 Å². The molecule has 2 aliphatic rings. The Bertz CT molecular complexity index is 1480. The number of fused-ring (bicyclic) bond motifs is 1. The molecule has 210 valence electrons. The van der Waals surface area contributed by atoms with Crippen molar-refractivity contribution in [2.24, 2.45) is 11.8 Å². The number of Topliss-reactive ketones (excluding diaryl/α,β-unsaturated/α-hetero) is 1. The van der Waals surface area contributed by atoms with Gasteiger partial charge in [0.1, 0.15) is 5.75 Å². The van der Waals surface area contributed by atoms with Crippen molar-refractivity contribution in [3.8, 4) is 5.75 Å². The number of hydrogen-bond acceptors (Lipinski definition) is 7. The standard InChI is InChI=1S/C30H22Br3NO7/c31-19-7-1-18(2-8-19)30(39)41-21-11-5-16(6-12-21)26(35)15-40-29(38)17-3-9-20(10-4-17)34-27(36)22-13-24(32)25(33)14-23(22)28(34)37/h1-12,22-25H,13-15H2. The lowest BCUT2D eigenvalue weighted by Gasteiger charge is -2.29. The Balaban J connectivity index is 1.15. The van der Waals surface area contributed by atoms with Gasteiger partial charge >= 0.3 is 11.9 Å². The third kappa shape index (κ3) is 6.37. The van der Waals surface area contributed by atoms with Gasteiger partial charge in [0.15, 0.2) is 12.4 Å². The van der Waals surface area contributed by atoms with Gasteiger partial charge in [-0.3, -0.25) is 19.3 Å². The molecule has 0 aromatic heterocycles. The maximum atomic E-state index is 13.0. The molecule has 1 saturated heterocycles. The predicted molar refractivity (Wildman–Crippen MR) is 161 cm³/mol. The molecule has 0 N–H and O–H groups in total. The van der Waals surface area contributed by atoms with E-state index in [4.69, 9.17) is 9.47 Å². The second-order valence-electron chi connectivity index (χ2n) is 9.70. The van der Waals surface area contributed by atoms with Crippen LogP contribution in [0, 0.1) is 11.8 Å². The molecule has 3 aromatic carbocycles. The average Bonchev–Trinajstić information content (AvgIpc) is 3.20. The topological polar surface area (TPSA) is 107 Å². The largest absolute Gasteiger partial charge is 0.454 e. The number of ether oxygens (including phenoxy) is 2. The van der Waals surface area contributed by atoms with E-state index in [-0.39, 0.29) is 50.2 Å². The van der Waals surface area contributed by atoms with Crippen molar-refractivity contribution in [2.45, 2.75) is 22.5 Å². The number of anilines is 1. The predicted octanol–water partition coefficient (Wildman–Crippen LogP) is 6.13. The lowest BCUT2D eigenvalue weighted by Crippen LogP contribution is -2.34. The first kappa shape index (κ1) is 29.3. The van der Waals surface area contributed by atoms with E-state index in [1.54, 1.807) is 24.3 Å². The van der Waals surface area contributed by atoms with Crippen LogP contribution in [0.1, 0.15) is 43.9 Å².